The molecule has 146 valence electrons. The minimum absolute atomic E-state index is 0.0184. The topological polar surface area (TPSA) is 105 Å². The summed E-state index contributed by atoms with van der Waals surface area (Å²) < 4.78 is 32.5. The number of piperidine rings is 1. The Hall–Kier alpha value is -2.26. The first-order chi connectivity index (χ1) is 12.8. The molecule has 1 aliphatic heterocycles. The zero-order chi connectivity index (χ0) is 19.6. The normalized spacial score (nSPS) is 21.1. The van der Waals surface area contributed by atoms with E-state index < -0.39 is 15.9 Å². The second-order valence-corrected chi connectivity index (χ2v) is 9.04. The molecular formula is C18H24N4O4S. The van der Waals surface area contributed by atoms with Crippen LogP contribution in [0.1, 0.15) is 43.4 Å². The van der Waals surface area contributed by atoms with Gasteiger partial charge >= 0.3 is 6.01 Å². The Balaban J connectivity index is 1.73. The lowest BCUT2D eigenvalue weighted by atomic mass is 9.94. The van der Waals surface area contributed by atoms with Gasteiger partial charge in [0, 0.05) is 25.1 Å². The van der Waals surface area contributed by atoms with Gasteiger partial charge in [-0.25, -0.2) is 8.42 Å². The first kappa shape index (κ1) is 19.5. The van der Waals surface area contributed by atoms with Gasteiger partial charge in [0.1, 0.15) is 0 Å². The van der Waals surface area contributed by atoms with Gasteiger partial charge in [-0.3, -0.25) is 10.1 Å². The van der Waals surface area contributed by atoms with E-state index >= 15 is 0 Å². The van der Waals surface area contributed by atoms with Crippen molar-refractivity contribution in [1.82, 2.24) is 14.5 Å². The van der Waals surface area contributed by atoms with Crippen LogP contribution in [0.3, 0.4) is 0 Å². The minimum atomic E-state index is -3.57. The van der Waals surface area contributed by atoms with E-state index in [1.807, 2.05) is 6.92 Å². The number of hydrogen-bond acceptors (Lipinski definition) is 6. The van der Waals surface area contributed by atoms with Gasteiger partial charge in [0.05, 0.1) is 4.90 Å². The smallest absolute Gasteiger partial charge is 0.322 e. The fraction of sp³-hybridized carbons (Fsp3) is 0.500. The van der Waals surface area contributed by atoms with Crippen molar-refractivity contribution in [2.75, 3.05) is 18.4 Å². The molecule has 2 aromatic rings. The number of nitrogens with zero attached hydrogens (tertiary/aromatic N) is 3. The van der Waals surface area contributed by atoms with Crippen molar-refractivity contribution in [2.24, 2.45) is 11.8 Å². The van der Waals surface area contributed by atoms with Crippen molar-refractivity contribution in [3.8, 4) is 0 Å². The van der Waals surface area contributed by atoms with Gasteiger partial charge in [-0.2, -0.15) is 4.31 Å². The number of sulfonamides is 1. The van der Waals surface area contributed by atoms with Gasteiger partial charge in [0.2, 0.25) is 15.9 Å². The highest BCUT2D eigenvalue weighted by Crippen LogP contribution is 2.26. The van der Waals surface area contributed by atoms with Crippen molar-refractivity contribution in [3.05, 3.63) is 35.7 Å². The minimum Gasteiger partial charge on any atom is -0.408 e. The third-order valence-electron chi connectivity index (χ3n) is 4.58. The summed E-state index contributed by atoms with van der Waals surface area (Å²) in [5.41, 5.74) is 0.311. The molecule has 1 fully saturated rings. The SMILES string of the molecule is CCc1nnc(NC(=O)c2ccc(S(=O)(=O)N3CC(C)CC(C)C3)cc2)o1. The van der Waals surface area contributed by atoms with Crippen LogP contribution >= 0.6 is 0 Å². The van der Waals surface area contributed by atoms with Crippen LogP contribution in [0.25, 0.3) is 0 Å². The van der Waals surface area contributed by atoms with E-state index in [2.05, 4.69) is 29.4 Å². The fourth-order valence-electron chi connectivity index (χ4n) is 3.35. The molecule has 0 aliphatic carbocycles. The quantitative estimate of drug-likeness (QED) is 0.838. The van der Waals surface area contributed by atoms with Crippen LogP contribution in [0.15, 0.2) is 33.6 Å². The average Bonchev–Trinajstić information content (AvgIpc) is 3.08. The van der Waals surface area contributed by atoms with Crippen LogP contribution in [0, 0.1) is 11.8 Å². The third-order valence-corrected chi connectivity index (χ3v) is 6.43. The molecular weight excluding hydrogens is 368 g/mol. The van der Waals surface area contributed by atoms with Crippen LogP contribution in [0.2, 0.25) is 0 Å². The molecule has 0 radical (unpaired) electrons. The zero-order valence-electron chi connectivity index (χ0n) is 15.7. The number of rotatable bonds is 5. The largest absolute Gasteiger partial charge is 0.408 e. The Bertz CT molecular complexity index is 898. The highest BCUT2D eigenvalue weighted by molar-refractivity contribution is 7.89. The van der Waals surface area contributed by atoms with E-state index in [1.54, 1.807) is 0 Å². The second-order valence-electron chi connectivity index (χ2n) is 7.10. The molecule has 27 heavy (non-hydrogen) atoms. The molecule has 2 unspecified atom stereocenters. The molecule has 1 amide bonds. The van der Waals surface area contributed by atoms with Crippen molar-refractivity contribution in [3.63, 3.8) is 0 Å². The summed E-state index contributed by atoms with van der Waals surface area (Å²) in [5.74, 6) is 0.647. The van der Waals surface area contributed by atoms with Crippen LogP contribution in [-0.4, -0.2) is 41.9 Å². The highest BCUT2D eigenvalue weighted by atomic mass is 32.2. The third kappa shape index (κ3) is 4.36. The Kier molecular flexibility index (Phi) is 5.61. The number of benzene rings is 1. The summed E-state index contributed by atoms with van der Waals surface area (Å²) in [6.07, 6.45) is 1.60. The average molecular weight is 392 g/mol. The van der Waals surface area contributed by atoms with E-state index in [1.165, 1.54) is 28.6 Å². The molecule has 1 aliphatic rings. The molecule has 0 saturated carbocycles. The van der Waals surface area contributed by atoms with Gasteiger partial charge in [-0.05, 0) is 42.5 Å². The summed E-state index contributed by atoms with van der Waals surface area (Å²) in [7, 11) is -3.57. The molecule has 1 N–H and O–H groups in total. The summed E-state index contributed by atoms with van der Waals surface area (Å²) in [6, 6.07) is 5.90. The van der Waals surface area contributed by atoms with E-state index in [-0.39, 0.29) is 10.9 Å². The monoisotopic (exact) mass is 392 g/mol. The van der Waals surface area contributed by atoms with Gasteiger partial charge in [0.15, 0.2) is 0 Å². The molecule has 2 heterocycles. The predicted molar refractivity (Wildman–Crippen MR) is 99.8 cm³/mol. The van der Waals surface area contributed by atoms with Crippen LogP contribution < -0.4 is 5.32 Å². The van der Waals surface area contributed by atoms with Gasteiger partial charge in [-0.1, -0.05) is 25.9 Å². The first-order valence-electron chi connectivity index (χ1n) is 9.03. The molecule has 8 nitrogen and oxygen atoms in total. The first-order valence-corrected chi connectivity index (χ1v) is 10.5. The van der Waals surface area contributed by atoms with Crippen molar-refractivity contribution in [2.45, 2.75) is 38.5 Å². The van der Waals surface area contributed by atoms with Gasteiger partial charge in [0.25, 0.3) is 5.91 Å². The number of aryl methyl sites for hydroxylation is 1. The number of aromatic nitrogens is 2. The van der Waals surface area contributed by atoms with E-state index in [0.29, 0.717) is 42.8 Å². The van der Waals surface area contributed by atoms with Crippen molar-refractivity contribution in [1.29, 1.82) is 0 Å². The fourth-order valence-corrected chi connectivity index (χ4v) is 5.03. The number of carbonyl (C=O) groups excluding carboxylic acids is 1. The van der Waals surface area contributed by atoms with Crippen LogP contribution in [0.4, 0.5) is 6.01 Å². The van der Waals surface area contributed by atoms with E-state index in [9.17, 15) is 13.2 Å². The zero-order valence-corrected chi connectivity index (χ0v) is 16.5. The predicted octanol–water partition coefficient (Wildman–Crippen LogP) is 2.55. The summed E-state index contributed by atoms with van der Waals surface area (Å²) >= 11 is 0. The lowest BCUT2D eigenvalue weighted by molar-refractivity contribution is 0.102. The molecule has 9 heteroatoms. The number of carbonyl (C=O) groups is 1. The van der Waals surface area contributed by atoms with Crippen molar-refractivity contribution >= 4 is 21.9 Å². The maximum atomic E-state index is 12.9. The highest BCUT2D eigenvalue weighted by Gasteiger charge is 2.31. The maximum Gasteiger partial charge on any atom is 0.322 e. The number of amides is 1. The molecule has 2 atom stereocenters. The van der Waals surface area contributed by atoms with E-state index in [0.717, 1.165) is 6.42 Å². The van der Waals surface area contributed by atoms with Crippen LogP contribution in [0.5, 0.6) is 0 Å². The van der Waals surface area contributed by atoms with E-state index in [4.69, 9.17) is 4.42 Å². The molecule has 1 aromatic carbocycles. The summed E-state index contributed by atoms with van der Waals surface area (Å²) in [6.45, 7) is 7.03. The Morgan fingerprint density at radius 2 is 1.81 bits per heavy atom. The second kappa shape index (κ2) is 7.77. The Morgan fingerprint density at radius 3 is 2.37 bits per heavy atom. The summed E-state index contributed by atoms with van der Waals surface area (Å²) in [4.78, 5) is 12.4. The number of hydrogen-bond donors (Lipinski definition) is 1. The lowest BCUT2D eigenvalue weighted by Crippen LogP contribution is -2.42. The summed E-state index contributed by atoms with van der Waals surface area (Å²) in [5, 5.41) is 10.0. The van der Waals surface area contributed by atoms with Crippen LogP contribution in [-0.2, 0) is 16.4 Å². The van der Waals surface area contributed by atoms with Gasteiger partial charge in [-0.15, -0.1) is 5.10 Å². The molecule has 1 saturated heterocycles. The lowest BCUT2D eigenvalue weighted by Gasteiger charge is -2.34. The van der Waals surface area contributed by atoms with Gasteiger partial charge < -0.3 is 4.42 Å². The molecule has 1 aromatic heterocycles. The molecule has 3 rings (SSSR count). The van der Waals surface area contributed by atoms with Crippen molar-refractivity contribution < 1.29 is 17.6 Å². The number of nitrogens with one attached hydrogen (secondary N) is 1. The molecule has 0 spiro atoms. The standard InChI is InChI=1S/C18H24N4O4S/c1-4-16-20-21-18(26-16)19-17(23)14-5-7-15(8-6-14)27(24,25)22-10-12(2)9-13(3)11-22/h5-8,12-13H,4,9-11H2,1-3H3,(H,19,21,23). The Labute approximate surface area is 159 Å². The maximum absolute atomic E-state index is 12.9. The Morgan fingerprint density at radius 1 is 1.19 bits per heavy atom. The molecule has 0 bridgehead atoms. The number of anilines is 1.